The van der Waals surface area contributed by atoms with Crippen molar-refractivity contribution in [2.75, 3.05) is 6.26 Å². The summed E-state index contributed by atoms with van der Waals surface area (Å²) >= 11 is 7.28. The minimum Gasteiger partial charge on any atom is -0.128 e. The van der Waals surface area contributed by atoms with Crippen LogP contribution in [0.2, 0.25) is 0 Å². The van der Waals surface area contributed by atoms with Gasteiger partial charge in [-0.3, -0.25) is 0 Å². The summed E-state index contributed by atoms with van der Waals surface area (Å²) in [4.78, 5) is 0. The van der Waals surface area contributed by atoms with Crippen molar-refractivity contribution >= 4 is 49.1 Å². The van der Waals surface area contributed by atoms with E-state index in [2.05, 4.69) is 47.3 Å². The van der Waals surface area contributed by atoms with Gasteiger partial charge in [0, 0.05) is 14.6 Å². The number of hydrogen-bond acceptors (Lipinski definition) is 2. The highest BCUT2D eigenvalue weighted by atomic mass is 79.9. The Morgan fingerprint density at radius 1 is 1.38 bits per heavy atom. The summed E-state index contributed by atoms with van der Waals surface area (Å²) < 4.78 is 3.98. The first-order valence-electron chi connectivity index (χ1n) is 3.95. The zero-order valence-corrected chi connectivity index (χ0v) is 10.6. The van der Waals surface area contributed by atoms with Gasteiger partial charge in [0.1, 0.15) is 0 Å². The molecule has 0 aliphatic carbocycles. The lowest BCUT2D eigenvalue weighted by Gasteiger charge is -1.92. The van der Waals surface area contributed by atoms with Crippen molar-refractivity contribution in [3.63, 3.8) is 0 Å². The molecule has 0 unspecified atom stereocenters. The molecular formula is C10H9BrS2. The maximum absolute atomic E-state index is 3.63. The number of benzene rings is 1. The SMILES string of the molecule is CSc1sc2cc(C)ccc2c1Br. The van der Waals surface area contributed by atoms with E-state index < -0.39 is 0 Å². The number of hydrogen-bond donors (Lipinski definition) is 0. The van der Waals surface area contributed by atoms with Gasteiger partial charge < -0.3 is 0 Å². The standard InChI is InChI=1S/C10H9BrS2/c1-6-3-4-7-8(5-6)13-10(12-2)9(7)11/h3-5H,1-2H3. The average Bonchev–Trinajstić information content (AvgIpc) is 2.42. The lowest BCUT2D eigenvalue weighted by atomic mass is 10.2. The molecule has 0 nitrogen and oxygen atoms in total. The molecule has 0 saturated carbocycles. The fraction of sp³-hybridized carbons (Fsp3) is 0.200. The molecule has 0 atom stereocenters. The van der Waals surface area contributed by atoms with Crippen molar-refractivity contribution in [1.29, 1.82) is 0 Å². The van der Waals surface area contributed by atoms with Crippen molar-refractivity contribution < 1.29 is 0 Å². The van der Waals surface area contributed by atoms with E-state index in [-0.39, 0.29) is 0 Å². The molecule has 0 radical (unpaired) electrons. The van der Waals surface area contributed by atoms with Crippen molar-refractivity contribution in [2.45, 2.75) is 11.1 Å². The first-order chi connectivity index (χ1) is 6.22. The lowest BCUT2D eigenvalue weighted by molar-refractivity contribution is 1.51. The summed E-state index contributed by atoms with van der Waals surface area (Å²) in [5.74, 6) is 0. The Hall–Kier alpha value is 0.01000. The first kappa shape index (κ1) is 9.56. The number of aryl methyl sites for hydroxylation is 1. The quantitative estimate of drug-likeness (QED) is 0.679. The Morgan fingerprint density at radius 2 is 2.15 bits per heavy atom. The highest BCUT2D eigenvalue weighted by Gasteiger charge is 2.07. The Morgan fingerprint density at radius 3 is 2.85 bits per heavy atom. The van der Waals surface area contributed by atoms with Crippen LogP contribution in [0.3, 0.4) is 0 Å². The molecule has 68 valence electrons. The maximum atomic E-state index is 3.63. The third kappa shape index (κ3) is 1.65. The number of halogens is 1. The van der Waals surface area contributed by atoms with Crippen molar-refractivity contribution in [3.8, 4) is 0 Å². The van der Waals surface area contributed by atoms with Crippen molar-refractivity contribution in [3.05, 3.63) is 28.2 Å². The summed E-state index contributed by atoms with van der Waals surface area (Å²) in [6.45, 7) is 2.13. The summed E-state index contributed by atoms with van der Waals surface area (Å²) in [5, 5.41) is 1.33. The van der Waals surface area contributed by atoms with Gasteiger partial charge in [-0.25, -0.2) is 0 Å². The van der Waals surface area contributed by atoms with Crippen LogP contribution in [0.1, 0.15) is 5.56 Å². The van der Waals surface area contributed by atoms with Crippen LogP contribution in [0.5, 0.6) is 0 Å². The van der Waals surface area contributed by atoms with Crippen LogP contribution in [0, 0.1) is 6.92 Å². The monoisotopic (exact) mass is 272 g/mol. The van der Waals surface area contributed by atoms with Crippen LogP contribution in [0.4, 0.5) is 0 Å². The number of fused-ring (bicyclic) bond motifs is 1. The molecule has 0 saturated heterocycles. The predicted octanol–water partition coefficient (Wildman–Crippen LogP) is 4.69. The van der Waals surface area contributed by atoms with Gasteiger partial charge in [0.15, 0.2) is 0 Å². The second kappa shape index (κ2) is 3.64. The van der Waals surface area contributed by atoms with Gasteiger partial charge in [0.25, 0.3) is 0 Å². The van der Waals surface area contributed by atoms with E-state index in [0.717, 1.165) is 0 Å². The van der Waals surface area contributed by atoms with E-state index in [4.69, 9.17) is 0 Å². The van der Waals surface area contributed by atoms with E-state index in [1.165, 1.54) is 24.3 Å². The van der Waals surface area contributed by atoms with Gasteiger partial charge in [-0.1, -0.05) is 12.1 Å². The minimum absolute atomic E-state index is 1.25. The molecule has 1 aromatic carbocycles. The maximum Gasteiger partial charge on any atom is 0.0751 e. The van der Waals surface area contributed by atoms with E-state index in [9.17, 15) is 0 Å². The molecule has 0 amide bonds. The number of rotatable bonds is 1. The Kier molecular flexibility index (Phi) is 2.67. The second-order valence-electron chi connectivity index (χ2n) is 2.91. The molecule has 0 spiro atoms. The smallest absolute Gasteiger partial charge is 0.0751 e. The fourth-order valence-corrected chi connectivity index (χ4v) is 4.30. The molecule has 0 fully saturated rings. The summed E-state index contributed by atoms with van der Waals surface area (Å²) in [7, 11) is 0. The largest absolute Gasteiger partial charge is 0.128 e. The third-order valence-electron chi connectivity index (χ3n) is 1.94. The number of thioether (sulfide) groups is 1. The van der Waals surface area contributed by atoms with Crippen LogP contribution in [-0.2, 0) is 0 Å². The summed E-state index contributed by atoms with van der Waals surface area (Å²) in [6, 6.07) is 6.58. The van der Waals surface area contributed by atoms with Crippen LogP contribution >= 0.6 is 39.0 Å². The summed E-state index contributed by atoms with van der Waals surface area (Å²) in [5.41, 5.74) is 1.33. The van der Waals surface area contributed by atoms with Crippen molar-refractivity contribution in [1.82, 2.24) is 0 Å². The van der Waals surface area contributed by atoms with Crippen LogP contribution in [-0.4, -0.2) is 6.26 Å². The molecule has 0 aliphatic heterocycles. The highest BCUT2D eigenvalue weighted by molar-refractivity contribution is 9.10. The summed E-state index contributed by atoms with van der Waals surface area (Å²) in [6.07, 6.45) is 2.11. The Labute approximate surface area is 94.5 Å². The molecule has 0 N–H and O–H groups in total. The average molecular weight is 273 g/mol. The van der Waals surface area contributed by atoms with Gasteiger partial charge in [-0.15, -0.1) is 23.1 Å². The van der Waals surface area contributed by atoms with E-state index in [0.29, 0.717) is 0 Å². The molecule has 0 bridgehead atoms. The van der Waals surface area contributed by atoms with Crippen LogP contribution in [0.15, 0.2) is 26.9 Å². The molecular weight excluding hydrogens is 264 g/mol. The van der Waals surface area contributed by atoms with E-state index in [1.54, 1.807) is 11.8 Å². The first-order valence-corrected chi connectivity index (χ1v) is 6.78. The molecule has 2 rings (SSSR count). The van der Waals surface area contributed by atoms with E-state index >= 15 is 0 Å². The normalized spacial score (nSPS) is 11.0. The molecule has 2 aromatic rings. The van der Waals surface area contributed by atoms with Gasteiger partial charge in [-0.2, -0.15) is 0 Å². The highest BCUT2D eigenvalue weighted by Crippen LogP contribution is 2.40. The Balaban J connectivity index is 2.76. The third-order valence-corrected chi connectivity index (χ3v) is 5.56. The molecule has 3 heteroatoms. The Bertz CT molecular complexity index is 445. The lowest BCUT2D eigenvalue weighted by Crippen LogP contribution is -1.68. The van der Waals surface area contributed by atoms with E-state index in [1.807, 2.05) is 11.3 Å². The molecule has 13 heavy (non-hydrogen) atoms. The van der Waals surface area contributed by atoms with Crippen molar-refractivity contribution in [2.24, 2.45) is 0 Å². The van der Waals surface area contributed by atoms with Gasteiger partial charge in [-0.05, 0) is 40.7 Å². The predicted molar refractivity (Wildman–Crippen MR) is 66.0 cm³/mol. The molecule has 0 aliphatic rings. The van der Waals surface area contributed by atoms with Gasteiger partial charge >= 0.3 is 0 Å². The zero-order chi connectivity index (χ0) is 9.42. The van der Waals surface area contributed by atoms with Gasteiger partial charge in [0.2, 0.25) is 0 Å². The second-order valence-corrected chi connectivity index (χ2v) is 5.83. The van der Waals surface area contributed by atoms with Crippen LogP contribution < -0.4 is 0 Å². The zero-order valence-electron chi connectivity index (χ0n) is 7.43. The van der Waals surface area contributed by atoms with Gasteiger partial charge in [0.05, 0.1) is 4.21 Å². The minimum atomic E-state index is 1.25. The van der Waals surface area contributed by atoms with Crippen LogP contribution in [0.25, 0.3) is 10.1 Å². The molecule has 1 aromatic heterocycles. The fourth-order valence-electron chi connectivity index (χ4n) is 1.28. The topological polar surface area (TPSA) is 0 Å². The number of thiophene rings is 1. The molecule has 1 heterocycles.